The second kappa shape index (κ2) is 6.53. The molecule has 23 heavy (non-hydrogen) atoms. The maximum absolute atomic E-state index is 10.4. The number of fused-ring (bicyclic) bond motifs is 1. The quantitative estimate of drug-likeness (QED) is 0.270. The summed E-state index contributed by atoms with van der Waals surface area (Å²) >= 11 is 0. The highest BCUT2D eigenvalue weighted by molar-refractivity contribution is 5.00. The van der Waals surface area contributed by atoms with E-state index in [4.69, 9.17) is 4.74 Å². The van der Waals surface area contributed by atoms with E-state index < -0.39 is 60.9 Å². The van der Waals surface area contributed by atoms with E-state index in [-0.39, 0.29) is 31.6 Å². The van der Waals surface area contributed by atoms with Crippen molar-refractivity contribution in [2.45, 2.75) is 80.6 Å². The van der Waals surface area contributed by atoms with Gasteiger partial charge in [-0.15, -0.1) is 0 Å². The number of ether oxygens (including phenoxy) is 1. The molecule has 0 aromatic carbocycles. The van der Waals surface area contributed by atoms with Crippen LogP contribution >= 0.6 is 0 Å². The lowest BCUT2D eigenvalue weighted by molar-refractivity contribution is -0.241. The van der Waals surface area contributed by atoms with Crippen LogP contribution in [0.25, 0.3) is 0 Å². The molecule has 7 N–H and O–H groups in total. The molecule has 3 aliphatic rings. The number of aliphatic hydroxyl groups excluding tert-OH is 7. The van der Waals surface area contributed by atoms with Crippen LogP contribution in [0.5, 0.6) is 0 Å². The molecule has 9 atom stereocenters. The molecule has 0 spiro atoms. The fourth-order valence-corrected chi connectivity index (χ4v) is 4.35. The third kappa shape index (κ3) is 3.14. The Hall–Kier alpha value is -0.320. The molecule has 134 valence electrons. The lowest BCUT2D eigenvalue weighted by atomic mass is 9.71. The Labute approximate surface area is 134 Å². The molecule has 1 heterocycles. The van der Waals surface area contributed by atoms with Crippen molar-refractivity contribution < 1.29 is 40.5 Å². The largest absolute Gasteiger partial charge is 0.390 e. The predicted octanol–water partition coefficient (Wildman–Crippen LogP) is -2.90. The van der Waals surface area contributed by atoms with Gasteiger partial charge in [-0.05, 0) is 25.2 Å². The highest BCUT2D eigenvalue weighted by atomic mass is 16.5. The Kier molecular flexibility index (Phi) is 4.97. The molecule has 8 nitrogen and oxygen atoms in total. The van der Waals surface area contributed by atoms with Crippen LogP contribution in [0.4, 0.5) is 0 Å². The van der Waals surface area contributed by atoms with Crippen molar-refractivity contribution in [3.8, 4) is 0 Å². The van der Waals surface area contributed by atoms with Crippen LogP contribution < -0.4 is 0 Å². The summed E-state index contributed by atoms with van der Waals surface area (Å²) in [6.45, 7) is 0. The van der Waals surface area contributed by atoms with Crippen molar-refractivity contribution in [3.05, 3.63) is 0 Å². The van der Waals surface area contributed by atoms with E-state index in [1.54, 1.807) is 0 Å². The molecule has 0 bridgehead atoms. The van der Waals surface area contributed by atoms with Gasteiger partial charge < -0.3 is 40.5 Å². The van der Waals surface area contributed by atoms with Crippen molar-refractivity contribution in [2.75, 3.05) is 0 Å². The molecule has 9 unspecified atom stereocenters. The molecule has 8 heteroatoms. The fraction of sp³-hybridized carbons (Fsp3) is 1.00. The minimum Gasteiger partial charge on any atom is -0.390 e. The zero-order chi connectivity index (χ0) is 16.9. The first-order valence-corrected chi connectivity index (χ1v) is 8.21. The standard InChI is InChI=1S/C15H26O8/c16-7-1-5(2-8(17)13(7)21)15-10(19)3-6-11(23-15)4-9(18)14(22)12(6)20/h5-22H,1-4H2. The molecule has 0 amide bonds. The predicted molar refractivity (Wildman–Crippen MR) is 76.2 cm³/mol. The lowest BCUT2D eigenvalue weighted by Gasteiger charge is -2.50. The molecule has 0 aromatic rings. The molecular formula is C15H26O8. The second-order valence-electron chi connectivity index (χ2n) is 7.25. The van der Waals surface area contributed by atoms with Crippen LogP contribution in [0.1, 0.15) is 25.7 Å². The average Bonchev–Trinajstić information content (AvgIpc) is 2.50. The van der Waals surface area contributed by atoms with Crippen LogP contribution in [0, 0.1) is 11.8 Å². The van der Waals surface area contributed by atoms with Gasteiger partial charge >= 0.3 is 0 Å². The van der Waals surface area contributed by atoms with Gasteiger partial charge in [-0.2, -0.15) is 0 Å². The third-order valence-corrected chi connectivity index (χ3v) is 5.70. The van der Waals surface area contributed by atoms with Gasteiger partial charge in [-0.3, -0.25) is 0 Å². The molecule has 0 aromatic heterocycles. The monoisotopic (exact) mass is 334 g/mol. The van der Waals surface area contributed by atoms with E-state index in [9.17, 15) is 35.7 Å². The molecule has 1 aliphatic heterocycles. The lowest BCUT2D eigenvalue weighted by Crippen LogP contribution is -2.60. The summed E-state index contributed by atoms with van der Waals surface area (Å²) in [7, 11) is 0. The van der Waals surface area contributed by atoms with Crippen LogP contribution in [-0.4, -0.2) is 90.7 Å². The molecule has 0 radical (unpaired) electrons. The van der Waals surface area contributed by atoms with Crippen LogP contribution in [0.3, 0.4) is 0 Å². The third-order valence-electron chi connectivity index (χ3n) is 5.70. The zero-order valence-electron chi connectivity index (χ0n) is 12.7. The minimum absolute atomic E-state index is 0.159. The summed E-state index contributed by atoms with van der Waals surface area (Å²) in [5.74, 6) is -0.802. The topological polar surface area (TPSA) is 151 Å². The minimum atomic E-state index is -1.25. The van der Waals surface area contributed by atoms with E-state index in [1.807, 2.05) is 0 Å². The molecule has 1 saturated heterocycles. The second-order valence-corrected chi connectivity index (χ2v) is 7.25. The Morgan fingerprint density at radius 1 is 0.565 bits per heavy atom. The Morgan fingerprint density at radius 3 is 1.74 bits per heavy atom. The smallest absolute Gasteiger partial charge is 0.106 e. The van der Waals surface area contributed by atoms with E-state index in [0.29, 0.717) is 0 Å². The molecule has 2 aliphatic carbocycles. The van der Waals surface area contributed by atoms with Crippen molar-refractivity contribution in [1.29, 1.82) is 0 Å². The van der Waals surface area contributed by atoms with Crippen molar-refractivity contribution in [1.82, 2.24) is 0 Å². The number of hydrogen-bond acceptors (Lipinski definition) is 8. The van der Waals surface area contributed by atoms with Gasteiger partial charge in [0, 0.05) is 12.3 Å². The Morgan fingerprint density at radius 2 is 1.13 bits per heavy atom. The Balaban J connectivity index is 1.71. The SMILES string of the molecule is OC1CC(C2OC3CC(O)C(O)C(O)C3CC2O)CC(O)C1O. The number of rotatable bonds is 1. The molecular weight excluding hydrogens is 308 g/mol. The average molecular weight is 334 g/mol. The highest BCUT2D eigenvalue weighted by Crippen LogP contribution is 2.41. The van der Waals surface area contributed by atoms with Gasteiger partial charge in [0.1, 0.15) is 12.2 Å². The first-order chi connectivity index (χ1) is 10.8. The summed E-state index contributed by atoms with van der Waals surface area (Å²) in [6.07, 6.45) is -8.16. The summed E-state index contributed by atoms with van der Waals surface area (Å²) in [5, 5.41) is 69.3. The summed E-state index contributed by atoms with van der Waals surface area (Å²) in [5.41, 5.74) is 0. The van der Waals surface area contributed by atoms with Gasteiger partial charge in [0.05, 0.1) is 42.7 Å². The molecule has 3 rings (SSSR count). The van der Waals surface area contributed by atoms with Gasteiger partial charge in [0.25, 0.3) is 0 Å². The summed E-state index contributed by atoms with van der Waals surface area (Å²) in [6, 6.07) is 0. The van der Waals surface area contributed by atoms with Crippen molar-refractivity contribution in [3.63, 3.8) is 0 Å². The zero-order valence-corrected chi connectivity index (χ0v) is 12.7. The van der Waals surface area contributed by atoms with Gasteiger partial charge in [-0.1, -0.05) is 0 Å². The normalized spacial score (nSPS) is 57.8. The van der Waals surface area contributed by atoms with Crippen LogP contribution in [-0.2, 0) is 4.74 Å². The van der Waals surface area contributed by atoms with E-state index in [2.05, 4.69) is 0 Å². The van der Waals surface area contributed by atoms with Gasteiger partial charge in [-0.25, -0.2) is 0 Å². The van der Waals surface area contributed by atoms with Crippen LogP contribution in [0.15, 0.2) is 0 Å². The Bertz CT molecular complexity index is 408. The first-order valence-electron chi connectivity index (χ1n) is 8.21. The molecule has 3 fully saturated rings. The maximum atomic E-state index is 10.4. The highest BCUT2D eigenvalue weighted by Gasteiger charge is 2.51. The van der Waals surface area contributed by atoms with Crippen molar-refractivity contribution >= 4 is 0 Å². The van der Waals surface area contributed by atoms with E-state index in [1.165, 1.54) is 0 Å². The van der Waals surface area contributed by atoms with Crippen LogP contribution in [0.2, 0.25) is 0 Å². The molecule has 2 saturated carbocycles. The fourth-order valence-electron chi connectivity index (χ4n) is 4.35. The number of hydrogen-bond donors (Lipinski definition) is 7. The first kappa shape index (κ1) is 17.5. The van der Waals surface area contributed by atoms with E-state index in [0.717, 1.165) is 0 Å². The number of aliphatic hydroxyl groups is 7. The summed E-state index contributed by atoms with van der Waals surface area (Å²) < 4.78 is 5.88. The summed E-state index contributed by atoms with van der Waals surface area (Å²) in [4.78, 5) is 0. The van der Waals surface area contributed by atoms with Gasteiger partial charge in [0.15, 0.2) is 0 Å². The van der Waals surface area contributed by atoms with Gasteiger partial charge in [0.2, 0.25) is 0 Å². The maximum Gasteiger partial charge on any atom is 0.106 e. The van der Waals surface area contributed by atoms with Crippen molar-refractivity contribution in [2.24, 2.45) is 11.8 Å². The van der Waals surface area contributed by atoms with E-state index >= 15 is 0 Å².